The first-order valence-corrected chi connectivity index (χ1v) is 12.8. The first-order valence-electron chi connectivity index (χ1n) is 11.0. The Morgan fingerprint density at radius 3 is 2.42 bits per heavy atom. The molecular weight excluding hydrogens is 410 g/mol. The van der Waals surface area contributed by atoms with E-state index >= 15 is 0 Å². The second-order valence-corrected chi connectivity index (χ2v) is 10.9. The lowest BCUT2D eigenvalue weighted by Crippen LogP contribution is -2.39. The number of sulfone groups is 1. The van der Waals surface area contributed by atoms with Crippen LogP contribution in [0.5, 0.6) is 0 Å². The number of aryl methyl sites for hydroxylation is 1. The van der Waals surface area contributed by atoms with Crippen LogP contribution in [0.4, 0.5) is 11.4 Å². The zero-order valence-corrected chi connectivity index (χ0v) is 19.3. The van der Waals surface area contributed by atoms with Crippen LogP contribution in [0.25, 0.3) is 0 Å². The number of nitrogens with zero attached hydrogens (tertiary/aromatic N) is 2. The molecule has 1 amide bonds. The average Bonchev–Trinajstić information content (AvgIpc) is 3.37. The zero-order chi connectivity index (χ0) is 22.2. The molecule has 2 unspecified atom stereocenters. The maximum atomic E-state index is 12.6. The van der Waals surface area contributed by atoms with Gasteiger partial charge in [0.25, 0.3) is 5.91 Å². The second-order valence-electron chi connectivity index (χ2n) is 8.87. The number of hydrogen-bond acceptors (Lipinski definition) is 5. The summed E-state index contributed by atoms with van der Waals surface area (Å²) in [4.78, 5) is 17.9. The van der Waals surface area contributed by atoms with Crippen molar-refractivity contribution in [2.75, 3.05) is 36.1 Å². The summed E-state index contributed by atoms with van der Waals surface area (Å²) in [6.45, 7) is 7.68. The molecule has 1 N–H and O–H groups in total. The third-order valence-electron chi connectivity index (χ3n) is 6.60. The van der Waals surface area contributed by atoms with Gasteiger partial charge in [0.05, 0.1) is 4.90 Å². The van der Waals surface area contributed by atoms with Gasteiger partial charge in [-0.25, -0.2) is 8.42 Å². The van der Waals surface area contributed by atoms with Gasteiger partial charge in [-0.05, 0) is 87.7 Å². The molecule has 2 aromatic carbocycles. The summed E-state index contributed by atoms with van der Waals surface area (Å²) in [5.74, 6) is -0.250. The summed E-state index contributed by atoms with van der Waals surface area (Å²) in [7, 11) is -3.28. The molecule has 2 aromatic rings. The number of carbonyl (C=O) groups excluding carboxylic acids is 1. The minimum absolute atomic E-state index is 0.205. The number of anilines is 2. The van der Waals surface area contributed by atoms with E-state index in [1.165, 1.54) is 43.6 Å². The van der Waals surface area contributed by atoms with Crippen LogP contribution < -0.4 is 10.2 Å². The van der Waals surface area contributed by atoms with Crippen molar-refractivity contribution in [2.24, 2.45) is 0 Å². The smallest absolute Gasteiger partial charge is 0.255 e. The molecule has 2 aliphatic heterocycles. The van der Waals surface area contributed by atoms with E-state index in [2.05, 4.69) is 34.2 Å². The number of carbonyl (C=O) groups is 1. The molecule has 2 fully saturated rings. The van der Waals surface area contributed by atoms with Gasteiger partial charge in [0, 0.05) is 48.4 Å². The van der Waals surface area contributed by atoms with Crippen LogP contribution in [0.15, 0.2) is 47.4 Å². The Kier molecular flexibility index (Phi) is 6.08. The molecule has 4 rings (SSSR count). The molecule has 2 heterocycles. The van der Waals surface area contributed by atoms with Gasteiger partial charge in [-0.1, -0.05) is 0 Å². The van der Waals surface area contributed by atoms with Gasteiger partial charge in [-0.2, -0.15) is 0 Å². The van der Waals surface area contributed by atoms with Crippen LogP contribution in [0.3, 0.4) is 0 Å². The molecule has 31 heavy (non-hydrogen) atoms. The Morgan fingerprint density at radius 1 is 1.06 bits per heavy atom. The Bertz CT molecular complexity index is 1070. The van der Waals surface area contributed by atoms with E-state index in [4.69, 9.17) is 0 Å². The monoisotopic (exact) mass is 441 g/mol. The molecular formula is C24H31N3O3S. The van der Waals surface area contributed by atoms with Crippen molar-refractivity contribution in [3.05, 3.63) is 53.6 Å². The summed E-state index contributed by atoms with van der Waals surface area (Å²) in [5, 5.41) is 2.95. The topological polar surface area (TPSA) is 69.7 Å². The van der Waals surface area contributed by atoms with Gasteiger partial charge in [0.15, 0.2) is 9.84 Å². The zero-order valence-electron chi connectivity index (χ0n) is 18.5. The number of hydrogen-bond donors (Lipinski definition) is 1. The Balaban J connectivity index is 1.41. The maximum Gasteiger partial charge on any atom is 0.255 e. The fourth-order valence-corrected chi connectivity index (χ4v) is 5.41. The van der Waals surface area contributed by atoms with Crippen molar-refractivity contribution >= 4 is 27.1 Å². The quantitative estimate of drug-likeness (QED) is 0.766. The Morgan fingerprint density at radius 2 is 1.81 bits per heavy atom. The molecule has 6 nitrogen and oxygen atoms in total. The first-order chi connectivity index (χ1) is 14.7. The number of likely N-dealkylation sites (tertiary alicyclic amines) is 1. The van der Waals surface area contributed by atoms with Gasteiger partial charge < -0.3 is 10.2 Å². The SMILES string of the molecule is Cc1cc(N2CCC(N3CCCC3C)C2)ccc1NC(=O)c1ccc(S(C)(=O)=O)cc1. The predicted molar refractivity (Wildman–Crippen MR) is 125 cm³/mol. The summed E-state index contributed by atoms with van der Waals surface area (Å²) in [6, 6.07) is 13.5. The van der Waals surface area contributed by atoms with Crippen LogP contribution in [0.1, 0.15) is 42.1 Å². The lowest BCUT2D eigenvalue weighted by molar-refractivity contribution is 0.102. The minimum atomic E-state index is -3.28. The normalized spacial score (nSPS) is 22.1. The van der Waals surface area contributed by atoms with Gasteiger partial charge in [-0.3, -0.25) is 9.69 Å². The van der Waals surface area contributed by atoms with Crippen molar-refractivity contribution in [2.45, 2.75) is 50.1 Å². The highest BCUT2D eigenvalue weighted by Gasteiger charge is 2.33. The number of benzene rings is 2. The van der Waals surface area contributed by atoms with Crippen molar-refractivity contribution in [3.8, 4) is 0 Å². The standard InChI is InChI=1S/C24H31N3O3S/c1-17-15-20(26-14-12-21(16-26)27-13-4-5-18(27)2)8-11-23(17)25-24(28)19-6-9-22(10-7-19)31(3,29)30/h6-11,15,18,21H,4-5,12-14,16H2,1-3H3,(H,25,28). The largest absolute Gasteiger partial charge is 0.370 e. The van der Waals surface area contributed by atoms with E-state index in [0.29, 0.717) is 17.6 Å². The third-order valence-corrected chi connectivity index (χ3v) is 7.73. The van der Waals surface area contributed by atoms with Crippen molar-refractivity contribution < 1.29 is 13.2 Å². The predicted octanol–water partition coefficient (Wildman–Crippen LogP) is 3.71. The van der Waals surface area contributed by atoms with Gasteiger partial charge >= 0.3 is 0 Å². The Hall–Kier alpha value is -2.38. The second kappa shape index (κ2) is 8.63. The van der Waals surface area contributed by atoms with Crippen LogP contribution in [-0.4, -0.2) is 57.2 Å². The molecule has 2 atom stereocenters. The summed E-state index contributed by atoms with van der Waals surface area (Å²) in [5.41, 5.74) is 3.40. The van der Waals surface area contributed by atoms with Gasteiger partial charge in [-0.15, -0.1) is 0 Å². The lowest BCUT2D eigenvalue weighted by atomic mass is 10.1. The van der Waals surface area contributed by atoms with E-state index in [1.807, 2.05) is 13.0 Å². The number of rotatable bonds is 5. The highest BCUT2D eigenvalue weighted by atomic mass is 32.2. The summed E-state index contributed by atoms with van der Waals surface area (Å²) < 4.78 is 23.2. The van der Waals surface area contributed by atoms with Crippen LogP contribution in [-0.2, 0) is 9.84 Å². The molecule has 2 saturated heterocycles. The molecule has 166 valence electrons. The number of amides is 1. The third kappa shape index (κ3) is 4.77. The highest BCUT2D eigenvalue weighted by Crippen LogP contribution is 2.30. The maximum absolute atomic E-state index is 12.6. The van der Waals surface area contributed by atoms with E-state index in [9.17, 15) is 13.2 Å². The van der Waals surface area contributed by atoms with Crippen molar-refractivity contribution in [1.82, 2.24) is 4.90 Å². The average molecular weight is 442 g/mol. The molecule has 7 heteroatoms. The van der Waals surface area contributed by atoms with E-state index < -0.39 is 9.84 Å². The van der Waals surface area contributed by atoms with Crippen molar-refractivity contribution in [3.63, 3.8) is 0 Å². The molecule has 0 radical (unpaired) electrons. The summed E-state index contributed by atoms with van der Waals surface area (Å²) in [6.07, 6.45) is 4.97. The lowest BCUT2D eigenvalue weighted by Gasteiger charge is -2.28. The minimum Gasteiger partial charge on any atom is -0.370 e. The molecule has 0 bridgehead atoms. The van der Waals surface area contributed by atoms with Crippen LogP contribution in [0.2, 0.25) is 0 Å². The first kappa shape index (κ1) is 21.8. The molecule has 0 saturated carbocycles. The van der Waals surface area contributed by atoms with E-state index in [1.54, 1.807) is 12.1 Å². The summed E-state index contributed by atoms with van der Waals surface area (Å²) >= 11 is 0. The van der Waals surface area contributed by atoms with E-state index in [-0.39, 0.29) is 10.8 Å². The van der Waals surface area contributed by atoms with Crippen molar-refractivity contribution in [1.29, 1.82) is 0 Å². The highest BCUT2D eigenvalue weighted by molar-refractivity contribution is 7.90. The van der Waals surface area contributed by atoms with Crippen LogP contribution in [0, 0.1) is 6.92 Å². The Labute approximate surface area is 185 Å². The molecule has 0 spiro atoms. The van der Waals surface area contributed by atoms with Crippen LogP contribution >= 0.6 is 0 Å². The molecule has 0 aliphatic carbocycles. The molecule has 0 aromatic heterocycles. The van der Waals surface area contributed by atoms with E-state index in [0.717, 1.165) is 30.6 Å². The number of nitrogens with one attached hydrogen (secondary N) is 1. The fourth-order valence-electron chi connectivity index (χ4n) is 4.78. The van der Waals surface area contributed by atoms with Gasteiger partial charge in [0.2, 0.25) is 0 Å². The fraction of sp³-hybridized carbons (Fsp3) is 0.458. The molecule has 2 aliphatic rings. The van der Waals surface area contributed by atoms with Gasteiger partial charge in [0.1, 0.15) is 0 Å².